The van der Waals surface area contributed by atoms with E-state index < -0.39 is 18.2 Å². The molecule has 3 atom stereocenters. The average Bonchev–Trinajstić information content (AvgIpc) is 3.21. The van der Waals surface area contributed by atoms with Crippen LogP contribution in [0.25, 0.3) is 0 Å². The Morgan fingerprint density at radius 3 is 1.28 bits per heavy atom. The van der Waals surface area contributed by atoms with Gasteiger partial charge in [-0.1, -0.05) is 231 Å². The molecule has 0 aromatic heterocycles. The van der Waals surface area contributed by atoms with Crippen LogP contribution < -0.4 is 5.32 Å². The van der Waals surface area contributed by atoms with Gasteiger partial charge in [-0.15, -0.1) is 0 Å². The summed E-state index contributed by atoms with van der Waals surface area (Å²) < 4.78 is 5.88. The van der Waals surface area contributed by atoms with Gasteiger partial charge in [-0.05, 0) is 51.4 Å². The lowest BCUT2D eigenvalue weighted by molar-refractivity contribution is -0.151. The Hall–Kier alpha value is -1.66. The largest absolute Gasteiger partial charge is 0.462 e. The van der Waals surface area contributed by atoms with Gasteiger partial charge >= 0.3 is 5.97 Å². The molecule has 0 aliphatic heterocycles. The third kappa shape index (κ3) is 41.1. The van der Waals surface area contributed by atoms with E-state index >= 15 is 0 Å². The van der Waals surface area contributed by atoms with Crippen molar-refractivity contribution >= 4 is 11.9 Å². The Morgan fingerprint density at radius 1 is 0.500 bits per heavy atom. The van der Waals surface area contributed by atoms with Crippen molar-refractivity contribution in [3.05, 3.63) is 24.3 Å². The van der Waals surface area contributed by atoms with Gasteiger partial charge in [0, 0.05) is 6.42 Å². The first-order valence-corrected chi connectivity index (χ1v) is 25.6. The normalized spacial score (nSPS) is 13.4. The molecule has 3 unspecified atom stereocenters. The zero-order valence-electron chi connectivity index (χ0n) is 38.9. The fraction of sp³-hybridized carbons (Fsp3) is 0.885. The molecular weight excluding hydrogens is 719 g/mol. The Kier molecular flexibility index (Phi) is 45.1. The smallest absolute Gasteiger partial charge is 0.306 e. The molecule has 0 fully saturated rings. The summed E-state index contributed by atoms with van der Waals surface area (Å²) in [6, 6.07) is -0.701. The minimum Gasteiger partial charge on any atom is -0.462 e. The number of aliphatic hydroxyl groups excluding tert-OH is 2. The molecule has 0 aromatic carbocycles. The van der Waals surface area contributed by atoms with Crippen LogP contribution in [0, 0.1) is 0 Å². The topological polar surface area (TPSA) is 95.9 Å². The first-order chi connectivity index (χ1) is 28.5. The van der Waals surface area contributed by atoms with Crippen LogP contribution >= 0.6 is 0 Å². The maximum Gasteiger partial charge on any atom is 0.306 e. The predicted molar refractivity (Wildman–Crippen MR) is 250 cm³/mol. The summed E-state index contributed by atoms with van der Waals surface area (Å²) >= 11 is 0. The molecular formula is C52H99NO5. The van der Waals surface area contributed by atoms with Crippen molar-refractivity contribution in [2.75, 3.05) is 6.61 Å². The number of carbonyl (C=O) groups excluding carboxylic acids is 2. The summed E-state index contributed by atoms with van der Waals surface area (Å²) in [7, 11) is 0. The molecule has 0 bridgehead atoms. The second-order valence-electron chi connectivity index (χ2n) is 17.6. The van der Waals surface area contributed by atoms with E-state index in [9.17, 15) is 19.8 Å². The third-order valence-electron chi connectivity index (χ3n) is 11.8. The van der Waals surface area contributed by atoms with Gasteiger partial charge in [0.25, 0.3) is 0 Å². The van der Waals surface area contributed by atoms with Gasteiger partial charge in [0.2, 0.25) is 5.91 Å². The molecule has 0 heterocycles. The Bertz CT molecular complexity index is 919. The molecule has 3 N–H and O–H groups in total. The van der Waals surface area contributed by atoms with Crippen LogP contribution in [0.3, 0.4) is 0 Å². The van der Waals surface area contributed by atoms with Crippen LogP contribution in [-0.2, 0) is 14.3 Å². The lowest BCUT2D eigenvalue weighted by Gasteiger charge is -2.24. The van der Waals surface area contributed by atoms with Crippen molar-refractivity contribution in [2.24, 2.45) is 0 Å². The quantitative estimate of drug-likeness (QED) is 0.0323. The highest BCUT2D eigenvalue weighted by Gasteiger charge is 2.24. The van der Waals surface area contributed by atoms with E-state index in [-0.39, 0.29) is 24.9 Å². The number of nitrogens with one attached hydrogen (secondary N) is 1. The molecule has 342 valence electrons. The number of hydrogen-bond acceptors (Lipinski definition) is 5. The van der Waals surface area contributed by atoms with Gasteiger partial charge in [0.05, 0.1) is 25.2 Å². The van der Waals surface area contributed by atoms with Crippen LogP contribution in [0.4, 0.5) is 0 Å². The number of ether oxygens (including phenoxy) is 1. The summed E-state index contributed by atoms with van der Waals surface area (Å²) in [6.45, 7) is 6.46. The van der Waals surface area contributed by atoms with E-state index in [1.54, 1.807) is 0 Å². The van der Waals surface area contributed by atoms with Gasteiger partial charge in [-0.2, -0.15) is 0 Å². The third-order valence-corrected chi connectivity index (χ3v) is 11.8. The number of esters is 1. The van der Waals surface area contributed by atoms with Crippen molar-refractivity contribution in [1.29, 1.82) is 0 Å². The van der Waals surface area contributed by atoms with Crippen molar-refractivity contribution in [3.8, 4) is 0 Å². The van der Waals surface area contributed by atoms with Crippen molar-refractivity contribution < 1.29 is 24.5 Å². The lowest BCUT2D eigenvalue weighted by atomic mass is 10.0. The van der Waals surface area contributed by atoms with Crippen molar-refractivity contribution in [3.63, 3.8) is 0 Å². The van der Waals surface area contributed by atoms with Gasteiger partial charge < -0.3 is 20.3 Å². The van der Waals surface area contributed by atoms with Crippen molar-refractivity contribution in [1.82, 2.24) is 5.32 Å². The minimum absolute atomic E-state index is 0.0705. The maximum absolute atomic E-state index is 13.1. The summed E-state index contributed by atoms with van der Waals surface area (Å²) in [4.78, 5) is 26.0. The first-order valence-electron chi connectivity index (χ1n) is 25.6. The number of rotatable bonds is 46. The second-order valence-corrected chi connectivity index (χ2v) is 17.6. The second kappa shape index (κ2) is 46.4. The van der Waals surface area contributed by atoms with Crippen LogP contribution in [0.5, 0.6) is 0 Å². The SMILES string of the molecule is CCCCCCCCC/C=C/C=C/CCCCCC(=O)OC(CCCCCCCCC)CC(=O)NC(CO)C(O)CCCCCCCCCCCCCCCCCC. The molecule has 58 heavy (non-hydrogen) atoms. The highest BCUT2D eigenvalue weighted by Crippen LogP contribution is 2.18. The van der Waals surface area contributed by atoms with E-state index in [2.05, 4.69) is 50.4 Å². The fourth-order valence-corrected chi connectivity index (χ4v) is 7.89. The van der Waals surface area contributed by atoms with Crippen LogP contribution in [0.15, 0.2) is 24.3 Å². The van der Waals surface area contributed by atoms with Gasteiger partial charge in [-0.3, -0.25) is 9.59 Å². The zero-order valence-corrected chi connectivity index (χ0v) is 38.9. The lowest BCUT2D eigenvalue weighted by Crippen LogP contribution is -2.46. The number of amides is 1. The Morgan fingerprint density at radius 2 is 0.862 bits per heavy atom. The standard InChI is InChI=1S/C52H99NO5/c1-4-7-10-13-16-18-20-22-24-26-28-30-32-35-38-41-44-50(55)49(47-54)53-51(56)46-48(43-40-37-34-15-12-9-6-3)58-52(57)45-42-39-36-33-31-29-27-25-23-21-19-17-14-11-8-5-2/h25,27,29,31,48-50,54-55H,4-24,26,28,30,32-47H2,1-3H3,(H,53,56)/b27-25+,31-29+. The molecule has 0 saturated carbocycles. The summed E-state index contributed by atoms with van der Waals surface area (Å²) in [5, 5.41) is 23.7. The molecule has 0 aliphatic rings. The predicted octanol–water partition coefficient (Wildman–Crippen LogP) is 15.1. The fourth-order valence-electron chi connectivity index (χ4n) is 7.89. The van der Waals surface area contributed by atoms with Crippen molar-refractivity contribution in [2.45, 2.75) is 289 Å². The minimum atomic E-state index is -0.787. The Labute approximate surface area is 361 Å². The summed E-state index contributed by atoms with van der Waals surface area (Å²) in [5.41, 5.74) is 0. The van der Waals surface area contributed by atoms with Crippen LogP contribution in [-0.4, -0.2) is 46.9 Å². The number of hydrogen-bond donors (Lipinski definition) is 3. The molecule has 1 amide bonds. The molecule has 0 aliphatic carbocycles. The Balaban J connectivity index is 4.37. The van der Waals surface area contributed by atoms with E-state index in [0.29, 0.717) is 19.3 Å². The van der Waals surface area contributed by atoms with Crippen LogP contribution in [0.2, 0.25) is 0 Å². The van der Waals surface area contributed by atoms with Crippen LogP contribution in [0.1, 0.15) is 271 Å². The van der Waals surface area contributed by atoms with E-state index in [1.807, 2.05) is 0 Å². The number of carbonyl (C=O) groups is 2. The van der Waals surface area contributed by atoms with Gasteiger partial charge in [-0.25, -0.2) is 0 Å². The maximum atomic E-state index is 13.1. The number of allylic oxidation sites excluding steroid dienone is 4. The monoisotopic (exact) mass is 818 g/mol. The molecule has 0 saturated heterocycles. The molecule has 0 aromatic rings. The summed E-state index contributed by atoms with van der Waals surface area (Å²) in [6.07, 6.45) is 52.5. The highest BCUT2D eigenvalue weighted by molar-refractivity contribution is 5.77. The van der Waals surface area contributed by atoms with Gasteiger partial charge in [0.15, 0.2) is 0 Å². The zero-order chi connectivity index (χ0) is 42.4. The average molecular weight is 818 g/mol. The van der Waals surface area contributed by atoms with E-state index in [0.717, 1.165) is 64.2 Å². The van der Waals surface area contributed by atoms with Gasteiger partial charge in [0.1, 0.15) is 6.10 Å². The molecule has 0 spiro atoms. The van der Waals surface area contributed by atoms with E-state index in [4.69, 9.17) is 4.74 Å². The highest BCUT2D eigenvalue weighted by atomic mass is 16.5. The first kappa shape index (κ1) is 56.3. The van der Waals surface area contributed by atoms with E-state index in [1.165, 1.54) is 161 Å². The molecule has 6 heteroatoms. The summed E-state index contributed by atoms with van der Waals surface area (Å²) in [5.74, 6) is -0.499. The molecule has 0 rings (SSSR count). The molecule has 6 nitrogen and oxygen atoms in total. The molecule has 0 radical (unpaired) electrons. The number of unbranched alkanes of at least 4 members (excludes halogenated alkanes) is 31. The number of aliphatic hydroxyl groups is 2.